The Bertz CT molecular complexity index is 636. The maximum atomic E-state index is 5.88. The van der Waals surface area contributed by atoms with Crippen molar-refractivity contribution in [3.05, 3.63) is 36.0 Å². The van der Waals surface area contributed by atoms with Gasteiger partial charge in [0.25, 0.3) is 0 Å². The molecular formula is C19H26N2O2. The van der Waals surface area contributed by atoms with Gasteiger partial charge in [-0.1, -0.05) is 25.1 Å². The van der Waals surface area contributed by atoms with Crippen LogP contribution < -0.4 is 4.90 Å². The van der Waals surface area contributed by atoms with Crippen LogP contribution in [-0.4, -0.2) is 44.5 Å². The molecule has 0 amide bonds. The van der Waals surface area contributed by atoms with Crippen LogP contribution in [0.4, 0.5) is 5.69 Å². The lowest BCUT2D eigenvalue weighted by Gasteiger charge is -2.34. The van der Waals surface area contributed by atoms with E-state index in [0.717, 1.165) is 43.6 Å². The molecule has 2 heterocycles. The summed E-state index contributed by atoms with van der Waals surface area (Å²) in [6.45, 7) is 5.61. The number of para-hydroxylation sites is 1. The van der Waals surface area contributed by atoms with Gasteiger partial charge in [-0.2, -0.15) is 0 Å². The van der Waals surface area contributed by atoms with Crippen LogP contribution in [0, 0.1) is 0 Å². The van der Waals surface area contributed by atoms with Crippen molar-refractivity contribution in [2.75, 3.05) is 38.3 Å². The summed E-state index contributed by atoms with van der Waals surface area (Å²) in [6.07, 6.45) is 3.47. The van der Waals surface area contributed by atoms with Crippen molar-refractivity contribution < 1.29 is 9.47 Å². The van der Waals surface area contributed by atoms with E-state index in [1.807, 2.05) is 0 Å². The Labute approximate surface area is 138 Å². The van der Waals surface area contributed by atoms with Crippen molar-refractivity contribution in [2.45, 2.75) is 32.3 Å². The number of aryl methyl sites for hydroxylation is 1. The first kappa shape index (κ1) is 16.2. The molecule has 3 rings (SSSR count). The van der Waals surface area contributed by atoms with Crippen LogP contribution in [-0.2, 0) is 15.9 Å². The first-order valence-electron chi connectivity index (χ1n) is 8.56. The van der Waals surface area contributed by atoms with Crippen LogP contribution in [0.5, 0.6) is 0 Å². The van der Waals surface area contributed by atoms with Gasteiger partial charge in [-0.3, -0.25) is 4.98 Å². The molecule has 1 saturated heterocycles. The van der Waals surface area contributed by atoms with Crippen molar-refractivity contribution >= 4 is 16.6 Å². The van der Waals surface area contributed by atoms with Crippen LogP contribution in [0.1, 0.15) is 25.5 Å². The van der Waals surface area contributed by atoms with Gasteiger partial charge in [0.15, 0.2) is 0 Å². The quantitative estimate of drug-likeness (QED) is 0.765. The van der Waals surface area contributed by atoms with Gasteiger partial charge in [0.1, 0.15) is 0 Å². The van der Waals surface area contributed by atoms with Gasteiger partial charge in [0.05, 0.1) is 24.8 Å². The minimum Gasteiger partial charge on any atom is -0.382 e. The molecule has 0 bridgehead atoms. The normalized spacial score (nSPS) is 16.2. The minimum atomic E-state index is 0.361. The molecule has 0 aliphatic carbocycles. The standard InChI is InChI=1S/C19H26N2O2/c1-3-15-14-19(17-6-4-5-7-18(17)20-15)21-10-8-16(9-11-21)23-13-12-22-2/h4-7,14,16H,3,8-13H2,1-2H3. The zero-order valence-electron chi connectivity index (χ0n) is 14.1. The molecule has 4 nitrogen and oxygen atoms in total. The molecule has 23 heavy (non-hydrogen) atoms. The molecule has 0 radical (unpaired) electrons. The number of hydrogen-bond donors (Lipinski definition) is 0. The Balaban J connectivity index is 1.74. The molecule has 0 spiro atoms. The summed E-state index contributed by atoms with van der Waals surface area (Å²) in [6, 6.07) is 10.7. The van der Waals surface area contributed by atoms with Crippen molar-refractivity contribution in [2.24, 2.45) is 0 Å². The number of fused-ring (bicyclic) bond motifs is 1. The van der Waals surface area contributed by atoms with E-state index in [2.05, 4.69) is 42.2 Å². The number of aromatic nitrogens is 1. The van der Waals surface area contributed by atoms with E-state index in [1.54, 1.807) is 7.11 Å². The molecule has 1 aromatic carbocycles. The molecule has 124 valence electrons. The summed E-state index contributed by atoms with van der Waals surface area (Å²) in [5.41, 5.74) is 3.58. The highest BCUT2D eigenvalue weighted by atomic mass is 16.5. The lowest BCUT2D eigenvalue weighted by Crippen LogP contribution is -2.37. The van der Waals surface area contributed by atoms with Crippen molar-refractivity contribution in [1.82, 2.24) is 4.98 Å². The van der Waals surface area contributed by atoms with Crippen LogP contribution >= 0.6 is 0 Å². The summed E-state index contributed by atoms with van der Waals surface area (Å²) in [7, 11) is 1.71. The number of ether oxygens (including phenoxy) is 2. The van der Waals surface area contributed by atoms with Crippen LogP contribution in [0.2, 0.25) is 0 Å². The largest absolute Gasteiger partial charge is 0.382 e. The second-order valence-corrected chi connectivity index (χ2v) is 6.05. The van der Waals surface area contributed by atoms with Crippen LogP contribution in [0.25, 0.3) is 10.9 Å². The first-order valence-corrected chi connectivity index (χ1v) is 8.56. The maximum absolute atomic E-state index is 5.88. The molecule has 4 heteroatoms. The molecule has 0 unspecified atom stereocenters. The third-order valence-electron chi connectivity index (χ3n) is 4.53. The molecule has 2 aromatic rings. The number of pyridine rings is 1. The Hall–Kier alpha value is -1.65. The highest BCUT2D eigenvalue weighted by Crippen LogP contribution is 2.29. The second kappa shape index (κ2) is 7.75. The third kappa shape index (κ3) is 3.82. The highest BCUT2D eigenvalue weighted by molar-refractivity contribution is 5.92. The summed E-state index contributed by atoms with van der Waals surface area (Å²) < 4.78 is 10.9. The number of nitrogens with zero attached hydrogens (tertiary/aromatic N) is 2. The predicted molar refractivity (Wildman–Crippen MR) is 94.2 cm³/mol. The monoisotopic (exact) mass is 314 g/mol. The number of piperidine rings is 1. The first-order chi connectivity index (χ1) is 11.3. The zero-order valence-corrected chi connectivity index (χ0v) is 14.1. The third-order valence-corrected chi connectivity index (χ3v) is 4.53. The van der Waals surface area contributed by atoms with E-state index in [1.165, 1.54) is 11.1 Å². The number of anilines is 1. The molecule has 0 atom stereocenters. The Morgan fingerprint density at radius 3 is 2.70 bits per heavy atom. The highest BCUT2D eigenvalue weighted by Gasteiger charge is 2.21. The molecule has 1 fully saturated rings. The van der Waals surface area contributed by atoms with Crippen LogP contribution in [0.3, 0.4) is 0 Å². The molecule has 1 aliphatic heterocycles. The van der Waals surface area contributed by atoms with E-state index < -0.39 is 0 Å². The predicted octanol–water partition coefficient (Wildman–Crippen LogP) is 3.43. The summed E-state index contributed by atoms with van der Waals surface area (Å²) in [5, 5.41) is 1.25. The van der Waals surface area contributed by atoms with Gasteiger partial charge in [-0.15, -0.1) is 0 Å². The molecular weight excluding hydrogens is 288 g/mol. The van der Waals surface area contributed by atoms with Crippen molar-refractivity contribution in [3.8, 4) is 0 Å². The average Bonchev–Trinajstić information content (AvgIpc) is 2.61. The fourth-order valence-corrected chi connectivity index (χ4v) is 3.21. The topological polar surface area (TPSA) is 34.6 Å². The van der Waals surface area contributed by atoms with E-state index in [-0.39, 0.29) is 0 Å². The fraction of sp³-hybridized carbons (Fsp3) is 0.526. The lowest BCUT2D eigenvalue weighted by molar-refractivity contribution is 0.00612. The number of methoxy groups -OCH3 is 1. The Morgan fingerprint density at radius 1 is 1.17 bits per heavy atom. The molecule has 1 aliphatic rings. The van der Waals surface area contributed by atoms with Gasteiger partial charge in [0, 0.05) is 37.0 Å². The van der Waals surface area contributed by atoms with Crippen LogP contribution in [0.15, 0.2) is 30.3 Å². The van der Waals surface area contributed by atoms with Crippen molar-refractivity contribution in [1.29, 1.82) is 0 Å². The fourth-order valence-electron chi connectivity index (χ4n) is 3.21. The smallest absolute Gasteiger partial charge is 0.0726 e. The van der Waals surface area contributed by atoms with Crippen molar-refractivity contribution in [3.63, 3.8) is 0 Å². The zero-order chi connectivity index (χ0) is 16.1. The Kier molecular flexibility index (Phi) is 5.47. The molecule has 0 saturated carbocycles. The number of hydrogen-bond acceptors (Lipinski definition) is 4. The Morgan fingerprint density at radius 2 is 1.96 bits per heavy atom. The molecule has 1 aromatic heterocycles. The van der Waals surface area contributed by atoms with Gasteiger partial charge in [-0.05, 0) is 31.4 Å². The van der Waals surface area contributed by atoms with E-state index in [0.29, 0.717) is 19.3 Å². The molecule has 0 N–H and O–H groups in total. The maximum Gasteiger partial charge on any atom is 0.0726 e. The second-order valence-electron chi connectivity index (χ2n) is 6.05. The number of rotatable bonds is 6. The lowest BCUT2D eigenvalue weighted by atomic mass is 10.0. The van der Waals surface area contributed by atoms with Gasteiger partial charge < -0.3 is 14.4 Å². The SMILES string of the molecule is CCc1cc(N2CCC(OCCOC)CC2)c2ccccc2n1. The summed E-state index contributed by atoms with van der Waals surface area (Å²) >= 11 is 0. The number of benzene rings is 1. The van der Waals surface area contributed by atoms with Gasteiger partial charge >= 0.3 is 0 Å². The van der Waals surface area contributed by atoms with E-state index >= 15 is 0 Å². The van der Waals surface area contributed by atoms with E-state index in [4.69, 9.17) is 14.5 Å². The van der Waals surface area contributed by atoms with Gasteiger partial charge in [0.2, 0.25) is 0 Å². The summed E-state index contributed by atoms with van der Waals surface area (Å²) in [4.78, 5) is 7.23. The van der Waals surface area contributed by atoms with E-state index in [9.17, 15) is 0 Å². The summed E-state index contributed by atoms with van der Waals surface area (Å²) in [5.74, 6) is 0. The minimum absolute atomic E-state index is 0.361. The average molecular weight is 314 g/mol. The van der Waals surface area contributed by atoms with Gasteiger partial charge in [-0.25, -0.2) is 0 Å².